The highest BCUT2D eigenvalue weighted by molar-refractivity contribution is 5.74. The standard InChI is InChI=1S/C20H23FN2O2/c1-15-2-4-16(5-3-15)14-22-20(24)23-12-10-19(11-13-23)25-18-8-6-17(21)7-9-18/h2-9,19H,10-14H2,1H3,(H,22,24). The third-order valence-electron chi connectivity index (χ3n) is 4.41. The van der Waals surface area contributed by atoms with E-state index in [1.54, 1.807) is 12.1 Å². The van der Waals surface area contributed by atoms with E-state index in [1.165, 1.54) is 17.7 Å². The van der Waals surface area contributed by atoms with Crippen LogP contribution in [0, 0.1) is 12.7 Å². The molecular formula is C20H23FN2O2. The number of hydrogen-bond donors (Lipinski definition) is 1. The number of ether oxygens (including phenoxy) is 1. The molecule has 1 aliphatic rings. The predicted octanol–water partition coefficient (Wildman–Crippen LogP) is 3.89. The molecule has 0 unspecified atom stereocenters. The Morgan fingerprint density at radius 1 is 1.12 bits per heavy atom. The summed E-state index contributed by atoms with van der Waals surface area (Å²) >= 11 is 0. The van der Waals surface area contributed by atoms with Gasteiger partial charge in [-0.3, -0.25) is 0 Å². The lowest BCUT2D eigenvalue weighted by molar-refractivity contribution is 0.111. The summed E-state index contributed by atoms with van der Waals surface area (Å²) in [5.74, 6) is 0.399. The van der Waals surface area contributed by atoms with Crippen molar-refractivity contribution in [3.05, 3.63) is 65.5 Å². The first-order valence-electron chi connectivity index (χ1n) is 8.61. The van der Waals surface area contributed by atoms with Crippen LogP contribution in [0.2, 0.25) is 0 Å². The van der Waals surface area contributed by atoms with E-state index in [4.69, 9.17) is 4.74 Å². The van der Waals surface area contributed by atoms with E-state index in [0.29, 0.717) is 25.4 Å². The van der Waals surface area contributed by atoms with Gasteiger partial charge in [0.05, 0.1) is 0 Å². The predicted molar refractivity (Wildman–Crippen MR) is 95.0 cm³/mol. The van der Waals surface area contributed by atoms with E-state index >= 15 is 0 Å². The van der Waals surface area contributed by atoms with Crippen molar-refractivity contribution >= 4 is 6.03 Å². The van der Waals surface area contributed by atoms with Crippen LogP contribution >= 0.6 is 0 Å². The second kappa shape index (κ2) is 8.01. The smallest absolute Gasteiger partial charge is 0.317 e. The number of halogens is 1. The minimum Gasteiger partial charge on any atom is -0.490 e. The van der Waals surface area contributed by atoms with Gasteiger partial charge in [-0.25, -0.2) is 9.18 Å². The van der Waals surface area contributed by atoms with E-state index in [1.807, 2.05) is 36.1 Å². The van der Waals surface area contributed by atoms with Crippen molar-refractivity contribution in [2.75, 3.05) is 13.1 Å². The fourth-order valence-corrected chi connectivity index (χ4v) is 2.88. The molecule has 1 heterocycles. The van der Waals surface area contributed by atoms with Gasteiger partial charge in [-0.2, -0.15) is 0 Å². The van der Waals surface area contributed by atoms with Crippen LogP contribution in [-0.2, 0) is 6.54 Å². The Labute approximate surface area is 147 Å². The average Bonchev–Trinajstić information content (AvgIpc) is 2.63. The van der Waals surface area contributed by atoms with Crippen molar-refractivity contribution in [2.24, 2.45) is 0 Å². The molecule has 0 bridgehead atoms. The maximum absolute atomic E-state index is 12.9. The van der Waals surface area contributed by atoms with Gasteiger partial charge in [-0.15, -0.1) is 0 Å². The van der Waals surface area contributed by atoms with Crippen molar-refractivity contribution in [3.8, 4) is 5.75 Å². The Kier molecular flexibility index (Phi) is 5.53. The number of likely N-dealkylation sites (tertiary alicyclic amines) is 1. The maximum Gasteiger partial charge on any atom is 0.317 e. The summed E-state index contributed by atoms with van der Waals surface area (Å²) in [6, 6.07) is 14.1. The van der Waals surface area contributed by atoms with Gasteiger partial charge in [0.2, 0.25) is 0 Å². The van der Waals surface area contributed by atoms with E-state index in [0.717, 1.165) is 18.4 Å². The molecule has 0 aromatic heterocycles. The van der Waals surface area contributed by atoms with Crippen LogP contribution < -0.4 is 10.1 Å². The molecule has 1 aliphatic heterocycles. The molecule has 5 heteroatoms. The summed E-state index contributed by atoms with van der Waals surface area (Å²) < 4.78 is 18.8. The zero-order chi connectivity index (χ0) is 17.6. The summed E-state index contributed by atoms with van der Waals surface area (Å²) in [7, 11) is 0. The van der Waals surface area contributed by atoms with E-state index in [9.17, 15) is 9.18 Å². The lowest BCUT2D eigenvalue weighted by Crippen LogP contribution is -2.46. The Morgan fingerprint density at radius 2 is 1.76 bits per heavy atom. The van der Waals surface area contributed by atoms with E-state index in [2.05, 4.69) is 5.32 Å². The highest BCUT2D eigenvalue weighted by Crippen LogP contribution is 2.19. The molecule has 0 saturated carbocycles. The van der Waals surface area contributed by atoms with E-state index < -0.39 is 0 Å². The molecule has 2 aromatic carbocycles. The van der Waals surface area contributed by atoms with E-state index in [-0.39, 0.29) is 18.0 Å². The first-order chi connectivity index (χ1) is 12.1. The average molecular weight is 342 g/mol. The van der Waals surface area contributed by atoms with Gasteiger partial charge < -0.3 is 15.0 Å². The first-order valence-corrected chi connectivity index (χ1v) is 8.61. The summed E-state index contributed by atoms with van der Waals surface area (Å²) in [5, 5.41) is 2.96. The minimum atomic E-state index is -0.271. The molecule has 2 amide bonds. The molecule has 1 fully saturated rings. The zero-order valence-corrected chi connectivity index (χ0v) is 14.4. The van der Waals surface area contributed by atoms with Gasteiger partial charge in [0.25, 0.3) is 0 Å². The van der Waals surface area contributed by atoms with Crippen molar-refractivity contribution in [2.45, 2.75) is 32.4 Å². The number of rotatable bonds is 4. The third kappa shape index (κ3) is 4.95. The van der Waals surface area contributed by atoms with Crippen LogP contribution in [0.25, 0.3) is 0 Å². The van der Waals surface area contributed by atoms with Crippen molar-refractivity contribution < 1.29 is 13.9 Å². The lowest BCUT2D eigenvalue weighted by atomic mass is 10.1. The van der Waals surface area contributed by atoms with Gasteiger partial charge in [0.1, 0.15) is 17.7 Å². The van der Waals surface area contributed by atoms with Crippen LogP contribution in [0.5, 0.6) is 5.75 Å². The number of hydrogen-bond acceptors (Lipinski definition) is 2. The Bertz CT molecular complexity index is 693. The molecule has 0 aliphatic carbocycles. The molecule has 3 rings (SSSR count). The number of benzene rings is 2. The number of nitrogens with zero attached hydrogens (tertiary/aromatic N) is 1. The van der Waals surface area contributed by atoms with Crippen molar-refractivity contribution in [1.82, 2.24) is 10.2 Å². The van der Waals surface area contributed by atoms with Crippen molar-refractivity contribution in [3.63, 3.8) is 0 Å². The fraction of sp³-hybridized carbons (Fsp3) is 0.350. The molecule has 2 aromatic rings. The molecule has 0 radical (unpaired) electrons. The number of nitrogens with one attached hydrogen (secondary N) is 1. The molecule has 0 atom stereocenters. The molecule has 1 saturated heterocycles. The van der Waals surface area contributed by atoms with Crippen LogP contribution in [0.3, 0.4) is 0 Å². The van der Waals surface area contributed by atoms with Gasteiger partial charge in [0.15, 0.2) is 0 Å². The molecule has 25 heavy (non-hydrogen) atoms. The monoisotopic (exact) mass is 342 g/mol. The molecule has 1 N–H and O–H groups in total. The van der Waals surface area contributed by atoms with Crippen LogP contribution in [0.4, 0.5) is 9.18 Å². The minimum absolute atomic E-state index is 0.0409. The highest BCUT2D eigenvalue weighted by atomic mass is 19.1. The third-order valence-corrected chi connectivity index (χ3v) is 4.41. The van der Waals surface area contributed by atoms with Gasteiger partial charge in [-0.1, -0.05) is 29.8 Å². The topological polar surface area (TPSA) is 41.6 Å². The zero-order valence-electron chi connectivity index (χ0n) is 14.4. The summed E-state index contributed by atoms with van der Waals surface area (Å²) in [4.78, 5) is 14.1. The first kappa shape index (κ1) is 17.3. The van der Waals surface area contributed by atoms with Crippen LogP contribution in [0.15, 0.2) is 48.5 Å². The Morgan fingerprint density at radius 3 is 2.40 bits per heavy atom. The number of aryl methyl sites for hydroxylation is 1. The van der Waals surface area contributed by atoms with Crippen LogP contribution in [-0.4, -0.2) is 30.1 Å². The molecular weight excluding hydrogens is 319 g/mol. The highest BCUT2D eigenvalue weighted by Gasteiger charge is 2.23. The van der Waals surface area contributed by atoms with Crippen molar-refractivity contribution in [1.29, 1.82) is 0 Å². The number of carbonyl (C=O) groups excluding carboxylic acids is 1. The second-order valence-corrected chi connectivity index (χ2v) is 6.40. The number of carbonyl (C=O) groups is 1. The lowest BCUT2D eigenvalue weighted by Gasteiger charge is -2.32. The number of amides is 2. The molecule has 132 valence electrons. The molecule has 4 nitrogen and oxygen atoms in total. The SMILES string of the molecule is Cc1ccc(CNC(=O)N2CCC(Oc3ccc(F)cc3)CC2)cc1. The Hall–Kier alpha value is -2.56. The van der Waals surface area contributed by atoms with Crippen LogP contribution in [0.1, 0.15) is 24.0 Å². The Balaban J connectivity index is 1.42. The van der Waals surface area contributed by atoms with Gasteiger partial charge in [-0.05, 0) is 36.8 Å². The molecule has 0 spiro atoms. The fourth-order valence-electron chi connectivity index (χ4n) is 2.88. The summed E-state index contributed by atoms with van der Waals surface area (Å²) in [6.45, 7) is 3.89. The summed E-state index contributed by atoms with van der Waals surface area (Å²) in [5.41, 5.74) is 2.30. The summed E-state index contributed by atoms with van der Waals surface area (Å²) in [6.07, 6.45) is 1.61. The largest absolute Gasteiger partial charge is 0.490 e. The number of piperidine rings is 1. The quantitative estimate of drug-likeness (QED) is 0.916. The van der Waals surface area contributed by atoms with Gasteiger partial charge >= 0.3 is 6.03 Å². The normalized spacial score (nSPS) is 15.0. The second-order valence-electron chi connectivity index (χ2n) is 6.40. The number of urea groups is 1. The maximum atomic E-state index is 12.9. The van der Waals surface area contributed by atoms with Gasteiger partial charge in [0, 0.05) is 32.5 Å².